The van der Waals surface area contributed by atoms with Crippen molar-refractivity contribution in [3.8, 4) is 16.9 Å². The van der Waals surface area contributed by atoms with Gasteiger partial charge in [-0.2, -0.15) is 8.42 Å². The van der Waals surface area contributed by atoms with E-state index in [-0.39, 0.29) is 18.0 Å². The van der Waals surface area contributed by atoms with Crippen molar-refractivity contribution in [1.29, 1.82) is 5.41 Å². The van der Waals surface area contributed by atoms with Crippen LogP contribution in [0.2, 0.25) is 0 Å². The molecule has 3 aromatic rings. The summed E-state index contributed by atoms with van der Waals surface area (Å²) < 4.78 is 36.3. The minimum atomic E-state index is -3.67. The molecule has 0 unspecified atom stereocenters. The highest BCUT2D eigenvalue weighted by atomic mass is 32.2. The molecule has 0 fully saturated rings. The van der Waals surface area contributed by atoms with Crippen LogP contribution in [-0.2, 0) is 14.9 Å². The van der Waals surface area contributed by atoms with Gasteiger partial charge in [-0.15, -0.1) is 0 Å². The fourth-order valence-corrected chi connectivity index (χ4v) is 3.12. The van der Waals surface area contributed by atoms with Gasteiger partial charge in [-0.25, -0.2) is 4.79 Å². The zero-order valence-corrected chi connectivity index (χ0v) is 20.9. The maximum atomic E-state index is 13.0. The van der Waals surface area contributed by atoms with Crippen LogP contribution < -0.4 is 15.8 Å². The van der Waals surface area contributed by atoms with E-state index in [4.69, 9.17) is 25.2 Å². The van der Waals surface area contributed by atoms with E-state index in [0.717, 1.165) is 0 Å². The predicted octanol–water partition coefficient (Wildman–Crippen LogP) is 3.12. The number of carbonyl (C=O) groups is 2. The lowest BCUT2D eigenvalue weighted by atomic mass is 9.94. The molecule has 11 nitrogen and oxygen atoms in total. The van der Waals surface area contributed by atoms with Crippen molar-refractivity contribution in [2.45, 2.75) is 0 Å². The summed E-state index contributed by atoms with van der Waals surface area (Å²) in [4.78, 5) is 24.9. The van der Waals surface area contributed by atoms with Gasteiger partial charge in [-0.3, -0.25) is 14.8 Å². The van der Waals surface area contributed by atoms with E-state index in [1.807, 2.05) is 0 Å². The molecule has 3 rings (SSSR count). The number of hydrogen-bond donors (Lipinski definition) is 5. The number of nitrogen functional groups attached to an aromatic ring is 1. The highest BCUT2D eigenvalue weighted by Crippen LogP contribution is 2.31. The number of carboxylic acids is 1. The molecule has 1 amide bonds. The zero-order chi connectivity index (χ0) is 27.6. The van der Waals surface area contributed by atoms with Crippen LogP contribution in [0.4, 0.5) is 5.69 Å². The van der Waals surface area contributed by atoms with Crippen LogP contribution in [0.5, 0.6) is 5.75 Å². The topological polar surface area (TPSA) is 189 Å². The predicted molar refractivity (Wildman–Crippen MR) is 139 cm³/mol. The second kappa shape index (κ2) is 13.2. The van der Waals surface area contributed by atoms with Gasteiger partial charge >= 0.3 is 5.97 Å². The number of benzene rings is 3. The molecule has 6 N–H and O–H groups in total. The molecule has 0 spiro atoms. The Balaban J connectivity index is 0.000000877. The number of aromatic carboxylic acids is 1. The molecule has 0 bridgehead atoms. The molecule has 0 heterocycles. The average molecular weight is 530 g/mol. The number of hydrogen-bond acceptors (Lipinski definition) is 7. The van der Waals surface area contributed by atoms with Gasteiger partial charge < -0.3 is 25.6 Å². The fraction of sp³-hybridized carbons (Fsp3) is 0.160. The Morgan fingerprint density at radius 1 is 0.973 bits per heavy atom. The van der Waals surface area contributed by atoms with Crippen molar-refractivity contribution in [3.63, 3.8) is 0 Å². The molecule has 196 valence electrons. The molecule has 0 aliphatic carbocycles. The van der Waals surface area contributed by atoms with Crippen LogP contribution in [-0.4, -0.2) is 62.4 Å². The van der Waals surface area contributed by atoms with Crippen LogP contribution in [0.1, 0.15) is 26.3 Å². The van der Waals surface area contributed by atoms with E-state index < -0.39 is 22.0 Å². The smallest absolute Gasteiger partial charge is 0.336 e. The van der Waals surface area contributed by atoms with Gasteiger partial charge in [0.05, 0.1) is 18.4 Å². The minimum Gasteiger partial charge on any atom is -0.491 e. The van der Waals surface area contributed by atoms with Crippen molar-refractivity contribution in [1.82, 2.24) is 0 Å². The third kappa shape index (κ3) is 9.37. The molecular weight excluding hydrogens is 502 g/mol. The highest BCUT2D eigenvalue weighted by Gasteiger charge is 2.19. The van der Waals surface area contributed by atoms with Crippen LogP contribution in [0.25, 0.3) is 11.1 Å². The maximum Gasteiger partial charge on any atom is 0.336 e. The standard InChI is InChI=1S/C24H23N3O5.CH4O3S/c1-31-12-13-32-17-10-11-19(21(14-17)24(29)30)18-4-2-3-5-20(18)23(28)27-16-8-6-15(7-9-16)22(25)26;1-5(2,3)4/h2-11,14H,12-13H2,1H3,(H3,25,26)(H,27,28)(H,29,30);1H3,(H,2,3,4). The van der Waals surface area contributed by atoms with Gasteiger partial charge in [-0.05, 0) is 59.7 Å². The Labute approximate surface area is 214 Å². The quantitative estimate of drug-likeness (QED) is 0.120. The first-order valence-electron chi connectivity index (χ1n) is 10.7. The summed E-state index contributed by atoms with van der Waals surface area (Å²) >= 11 is 0. The Bertz CT molecular complexity index is 1360. The largest absolute Gasteiger partial charge is 0.491 e. The normalized spacial score (nSPS) is 10.6. The molecule has 12 heteroatoms. The molecule has 3 aromatic carbocycles. The summed E-state index contributed by atoms with van der Waals surface area (Å²) in [6, 6.07) is 18.0. The maximum absolute atomic E-state index is 13.0. The number of nitrogens with one attached hydrogen (secondary N) is 2. The van der Waals surface area contributed by atoms with Gasteiger partial charge in [0.15, 0.2) is 0 Å². The number of methoxy groups -OCH3 is 1. The number of ether oxygens (including phenoxy) is 2. The van der Waals surface area contributed by atoms with E-state index in [1.165, 1.54) is 6.07 Å². The molecule has 0 aliphatic rings. The molecular formula is C25H27N3O8S. The Hall–Kier alpha value is -4.26. The molecule has 37 heavy (non-hydrogen) atoms. The Kier molecular flexibility index (Phi) is 10.3. The van der Waals surface area contributed by atoms with Gasteiger partial charge in [0.2, 0.25) is 0 Å². The van der Waals surface area contributed by atoms with Crippen LogP contribution in [0.15, 0.2) is 66.7 Å². The average Bonchev–Trinajstić information content (AvgIpc) is 2.83. The number of amidine groups is 1. The number of anilines is 1. The molecule has 0 aliphatic heterocycles. The second-order valence-electron chi connectivity index (χ2n) is 7.58. The number of carboxylic acid groups (broad SMARTS) is 1. The monoisotopic (exact) mass is 529 g/mol. The van der Waals surface area contributed by atoms with Crippen LogP contribution in [0.3, 0.4) is 0 Å². The summed E-state index contributed by atoms with van der Waals surface area (Å²) in [6.07, 6.45) is 0.715. The third-order valence-corrected chi connectivity index (χ3v) is 4.69. The number of amides is 1. The summed E-state index contributed by atoms with van der Waals surface area (Å²) in [5.41, 5.74) is 7.74. The summed E-state index contributed by atoms with van der Waals surface area (Å²) in [7, 11) is -2.12. The Morgan fingerprint density at radius 3 is 2.14 bits per heavy atom. The van der Waals surface area contributed by atoms with Gasteiger partial charge in [0.1, 0.15) is 18.2 Å². The van der Waals surface area contributed by atoms with Crippen molar-refractivity contribution in [2.75, 3.05) is 31.9 Å². The first-order valence-corrected chi connectivity index (χ1v) is 12.5. The number of rotatable bonds is 9. The summed E-state index contributed by atoms with van der Waals surface area (Å²) in [5.74, 6) is -1.19. The minimum absolute atomic E-state index is 0.0194. The van der Waals surface area contributed by atoms with Gasteiger partial charge in [0.25, 0.3) is 16.0 Å². The van der Waals surface area contributed by atoms with Crippen LogP contribution >= 0.6 is 0 Å². The van der Waals surface area contributed by atoms with Gasteiger partial charge in [-0.1, -0.05) is 18.2 Å². The van der Waals surface area contributed by atoms with E-state index in [2.05, 4.69) is 5.32 Å². The zero-order valence-electron chi connectivity index (χ0n) is 20.1. The van der Waals surface area contributed by atoms with Crippen LogP contribution in [0, 0.1) is 5.41 Å². The molecule has 0 atom stereocenters. The Morgan fingerprint density at radius 2 is 1.57 bits per heavy atom. The molecule has 0 saturated carbocycles. The summed E-state index contributed by atoms with van der Waals surface area (Å²) in [6.45, 7) is 0.664. The SMILES string of the molecule is COCCOc1ccc(-c2ccccc2C(=O)Nc2ccc(C(=N)N)cc2)c(C(=O)O)c1.CS(=O)(=O)O. The highest BCUT2D eigenvalue weighted by molar-refractivity contribution is 7.85. The lowest BCUT2D eigenvalue weighted by Crippen LogP contribution is -2.15. The van der Waals surface area contributed by atoms with Crippen molar-refractivity contribution < 1.29 is 37.1 Å². The van der Waals surface area contributed by atoms with Crippen molar-refractivity contribution >= 4 is 33.5 Å². The lowest BCUT2D eigenvalue weighted by molar-refractivity contribution is 0.0696. The molecule has 0 saturated heterocycles. The van der Waals surface area contributed by atoms with Crippen molar-refractivity contribution in [2.24, 2.45) is 5.73 Å². The van der Waals surface area contributed by atoms with Crippen molar-refractivity contribution in [3.05, 3.63) is 83.4 Å². The molecule has 0 radical (unpaired) electrons. The first-order chi connectivity index (χ1) is 17.4. The van der Waals surface area contributed by atoms with E-state index in [0.29, 0.717) is 46.6 Å². The first kappa shape index (κ1) is 29.0. The number of carbonyl (C=O) groups excluding carboxylic acids is 1. The summed E-state index contributed by atoms with van der Waals surface area (Å²) in [5, 5.41) is 20.0. The fourth-order valence-electron chi connectivity index (χ4n) is 3.12. The molecule has 0 aromatic heterocycles. The van der Waals surface area contributed by atoms with E-state index in [1.54, 1.807) is 67.8 Å². The van der Waals surface area contributed by atoms with E-state index in [9.17, 15) is 23.1 Å². The third-order valence-electron chi connectivity index (χ3n) is 4.69. The van der Waals surface area contributed by atoms with Gasteiger partial charge in [0, 0.05) is 23.9 Å². The number of nitrogens with two attached hydrogens (primary N) is 1. The van der Waals surface area contributed by atoms with E-state index >= 15 is 0 Å². The second-order valence-corrected chi connectivity index (χ2v) is 9.04. The lowest BCUT2D eigenvalue weighted by Gasteiger charge is -2.14.